The van der Waals surface area contributed by atoms with E-state index in [0.717, 1.165) is 42.9 Å². The van der Waals surface area contributed by atoms with Crippen LogP contribution >= 0.6 is 0 Å². The quantitative estimate of drug-likeness (QED) is 0.104. The SMILES string of the molecule is CC(C)(C)OC(=O)C1(Oc2ccc(C(F)(F)F)cc2)CCCN(Cc2ccccc2)C1.CC(C)(C)OC(=O)C1(Oc2ccc(C(F)(F)F)cc2)CCCNC1.[CH3-].[Pd]. The van der Waals surface area contributed by atoms with Crippen molar-refractivity contribution in [1.29, 1.82) is 0 Å². The van der Waals surface area contributed by atoms with Gasteiger partial charge in [-0.2, -0.15) is 26.3 Å². The largest absolute Gasteiger partial charge is 0.474 e. The van der Waals surface area contributed by atoms with Crippen LogP contribution in [0.4, 0.5) is 26.3 Å². The van der Waals surface area contributed by atoms with E-state index in [1.165, 1.54) is 24.3 Å². The third-order valence-electron chi connectivity index (χ3n) is 8.66. The number of carbonyl (C=O) groups excluding carboxylic acids is 2. The van der Waals surface area contributed by atoms with E-state index in [9.17, 15) is 35.9 Å². The molecule has 2 aliphatic rings. The van der Waals surface area contributed by atoms with Crippen LogP contribution in [-0.4, -0.2) is 65.4 Å². The molecule has 3 aromatic rings. The molecule has 0 bridgehead atoms. The van der Waals surface area contributed by atoms with Crippen molar-refractivity contribution >= 4 is 11.9 Å². The van der Waals surface area contributed by atoms with E-state index in [1.54, 1.807) is 41.5 Å². The van der Waals surface area contributed by atoms with Crippen molar-refractivity contribution in [3.05, 3.63) is 103 Å². The maximum absolute atomic E-state index is 13.2. The maximum atomic E-state index is 13.2. The molecule has 320 valence electrons. The zero-order valence-corrected chi connectivity index (χ0v) is 34.9. The predicted molar refractivity (Wildman–Crippen MR) is 201 cm³/mol. The molecule has 15 heteroatoms. The van der Waals surface area contributed by atoms with Crippen LogP contribution in [0.2, 0.25) is 0 Å². The maximum Gasteiger partial charge on any atom is 0.416 e. The Kier molecular flexibility index (Phi) is 17.3. The summed E-state index contributed by atoms with van der Waals surface area (Å²) >= 11 is 0. The Bertz CT molecular complexity index is 1700. The summed E-state index contributed by atoms with van der Waals surface area (Å²) < 4.78 is 99.7. The molecule has 0 saturated carbocycles. The molecule has 3 aromatic carbocycles. The number of hydrogen-bond donors (Lipinski definition) is 1. The molecule has 0 radical (unpaired) electrons. The van der Waals surface area contributed by atoms with Crippen molar-refractivity contribution in [3.63, 3.8) is 0 Å². The van der Waals surface area contributed by atoms with Crippen molar-refractivity contribution in [2.45, 2.75) is 109 Å². The van der Waals surface area contributed by atoms with Crippen molar-refractivity contribution in [1.82, 2.24) is 10.2 Å². The third kappa shape index (κ3) is 14.9. The first-order valence-electron chi connectivity index (χ1n) is 18.2. The molecule has 0 amide bonds. The minimum atomic E-state index is -4.43. The molecule has 2 aliphatic heterocycles. The number of halogens is 6. The van der Waals surface area contributed by atoms with Crippen molar-refractivity contribution in [3.8, 4) is 11.5 Å². The van der Waals surface area contributed by atoms with E-state index >= 15 is 0 Å². The number of ether oxygens (including phenoxy) is 4. The van der Waals surface area contributed by atoms with Crippen LogP contribution in [0.3, 0.4) is 0 Å². The third-order valence-corrected chi connectivity index (χ3v) is 8.66. The summed E-state index contributed by atoms with van der Waals surface area (Å²) in [5.41, 5.74) is -4.33. The molecule has 0 aromatic heterocycles. The second-order valence-corrected chi connectivity index (χ2v) is 15.8. The minimum absolute atomic E-state index is 0. The first kappa shape index (κ1) is 49.5. The molecule has 2 saturated heterocycles. The topological polar surface area (TPSA) is 86.3 Å². The Morgan fingerprint density at radius 2 is 1.11 bits per heavy atom. The van der Waals surface area contributed by atoms with Crippen molar-refractivity contribution in [2.24, 2.45) is 0 Å². The Morgan fingerprint density at radius 1 is 0.667 bits per heavy atom. The Balaban J connectivity index is 0.000000392. The fourth-order valence-electron chi connectivity index (χ4n) is 6.17. The van der Waals surface area contributed by atoms with E-state index in [2.05, 4.69) is 10.2 Å². The predicted octanol–water partition coefficient (Wildman–Crippen LogP) is 9.46. The Morgan fingerprint density at radius 3 is 1.53 bits per heavy atom. The smallest absolute Gasteiger partial charge is 0.416 e. The summed E-state index contributed by atoms with van der Waals surface area (Å²) in [5.74, 6) is -0.599. The molecule has 57 heavy (non-hydrogen) atoms. The van der Waals surface area contributed by atoms with E-state index in [4.69, 9.17) is 18.9 Å². The fraction of sp³-hybridized carbons (Fsp3) is 0.500. The normalized spacial score (nSPS) is 20.4. The minimum Gasteiger partial charge on any atom is -0.474 e. The van der Waals surface area contributed by atoms with Gasteiger partial charge in [-0.05, 0) is 122 Å². The summed E-state index contributed by atoms with van der Waals surface area (Å²) in [7, 11) is 0. The van der Waals surface area contributed by atoms with Gasteiger partial charge in [0.15, 0.2) is 0 Å². The first-order valence-corrected chi connectivity index (χ1v) is 18.2. The molecule has 5 rings (SSSR count). The van der Waals surface area contributed by atoms with E-state index in [0.29, 0.717) is 32.2 Å². The Labute approximate surface area is 345 Å². The van der Waals surface area contributed by atoms with Gasteiger partial charge in [-0.3, -0.25) is 4.90 Å². The number of hydrogen-bond acceptors (Lipinski definition) is 8. The zero-order chi connectivity index (χ0) is 40.7. The van der Waals surface area contributed by atoms with E-state index < -0.39 is 57.8 Å². The van der Waals surface area contributed by atoms with Crippen LogP contribution in [0.1, 0.15) is 83.9 Å². The van der Waals surface area contributed by atoms with Gasteiger partial charge in [0, 0.05) is 52.9 Å². The molecule has 0 spiro atoms. The van der Waals surface area contributed by atoms with Crippen molar-refractivity contribution < 1.29 is 75.3 Å². The number of esters is 2. The van der Waals surface area contributed by atoms with Gasteiger partial charge in [-0.1, -0.05) is 30.3 Å². The van der Waals surface area contributed by atoms with Crippen LogP contribution in [0.25, 0.3) is 0 Å². The summed E-state index contributed by atoms with van der Waals surface area (Å²) in [4.78, 5) is 27.9. The molecule has 2 fully saturated rings. The van der Waals surface area contributed by atoms with Crippen LogP contribution < -0.4 is 14.8 Å². The number of benzene rings is 3. The molecule has 2 heterocycles. The molecule has 8 nitrogen and oxygen atoms in total. The van der Waals surface area contributed by atoms with Gasteiger partial charge in [-0.25, -0.2) is 9.59 Å². The van der Waals surface area contributed by atoms with Gasteiger partial charge in [0.25, 0.3) is 0 Å². The van der Waals surface area contributed by atoms with Gasteiger partial charge in [0.1, 0.15) is 22.7 Å². The van der Waals surface area contributed by atoms with Gasteiger partial charge in [-0.15, -0.1) is 0 Å². The summed E-state index contributed by atoms with van der Waals surface area (Å²) in [6.07, 6.45) is -6.57. The van der Waals surface area contributed by atoms with Crippen LogP contribution in [0.15, 0.2) is 78.9 Å². The summed E-state index contributed by atoms with van der Waals surface area (Å²) in [6.45, 7) is 13.3. The van der Waals surface area contributed by atoms with E-state index in [1.807, 2.05) is 30.3 Å². The van der Waals surface area contributed by atoms with Crippen molar-refractivity contribution in [2.75, 3.05) is 26.2 Å². The number of nitrogens with one attached hydrogen (secondary N) is 1. The monoisotopic (exact) mass is 901 g/mol. The van der Waals surface area contributed by atoms with Crippen LogP contribution in [0, 0.1) is 7.43 Å². The zero-order valence-electron chi connectivity index (χ0n) is 33.4. The second-order valence-electron chi connectivity index (χ2n) is 15.8. The Hall–Kier alpha value is -3.64. The molecule has 0 aliphatic carbocycles. The summed E-state index contributed by atoms with van der Waals surface area (Å²) in [5, 5.41) is 3.09. The fourth-order valence-corrected chi connectivity index (χ4v) is 6.17. The number of piperidine rings is 2. The molecular weight excluding hydrogens is 849 g/mol. The first-order chi connectivity index (χ1) is 25.5. The van der Waals surface area contributed by atoms with E-state index in [-0.39, 0.29) is 52.4 Å². The standard InChI is InChI=1S/C24H28F3NO3.C17H22F3NO3.CH3.Pd/c1-22(2,3)31-21(29)23(30-20-12-10-19(11-13-20)24(25,26)27)14-7-15-28(17-23)16-18-8-5-4-6-9-18;1-15(2,3)24-14(22)16(9-4-10-21-11-16)23-13-7-5-12(6-8-13)17(18,19)20;;/h4-6,8-13H,7,14-17H2,1-3H3;5-8,21H,4,9-11H2,1-3H3;1H3;/q;;-1;. The summed E-state index contributed by atoms with van der Waals surface area (Å²) in [6, 6.07) is 18.6. The number of rotatable bonds is 8. The van der Waals surface area contributed by atoms with Gasteiger partial charge in [0.05, 0.1) is 11.1 Å². The number of carbonyl (C=O) groups is 2. The number of alkyl halides is 6. The average molecular weight is 902 g/mol. The second kappa shape index (κ2) is 19.9. The number of nitrogens with zero attached hydrogens (tertiary/aromatic N) is 1. The van der Waals surface area contributed by atoms with Crippen LogP contribution in [-0.2, 0) is 58.4 Å². The molecule has 1 N–H and O–H groups in total. The number of likely N-dealkylation sites (tertiary alicyclic amines) is 1. The van der Waals surface area contributed by atoms with Gasteiger partial charge >= 0.3 is 24.3 Å². The average Bonchev–Trinajstić information content (AvgIpc) is 3.08. The van der Waals surface area contributed by atoms with Crippen LogP contribution in [0.5, 0.6) is 11.5 Å². The molecule has 2 unspecified atom stereocenters. The molecular formula is C42H53F6N2O6Pd-. The molecule has 2 atom stereocenters. The van der Waals surface area contributed by atoms with Gasteiger partial charge < -0.3 is 31.7 Å². The van der Waals surface area contributed by atoms with Gasteiger partial charge in [0.2, 0.25) is 11.2 Å².